The van der Waals surface area contributed by atoms with Crippen LogP contribution in [-0.2, 0) is 4.74 Å². The molecular weight excluding hydrogens is 320 g/mol. The van der Waals surface area contributed by atoms with Crippen LogP contribution in [0.2, 0.25) is 0 Å². The molecule has 2 fully saturated rings. The number of ether oxygens (including phenoxy) is 1. The maximum atomic E-state index is 12.5. The summed E-state index contributed by atoms with van der Waals surface area (Å²) in [5, 5.41) is 10.7. The molecular formula is C19H26N2O4. The normalized spacial score (nSPS) is 29.1. The van der Waals surface area contributed by atoms with Crippen molar-refractivity contribution in [2.75, 3.05) is 14.1 Å². The standard InChI is InChI=1S/C19H26N2O4/c1-20(2)17-11-14-5-3-4-6-15(14)12-18(17)25-19(22)13-7-9-16(10-8-13)21(23)24/h7-10,14-15,17-18H,3-6,11-12H2,1-2H3/t14-,15-,17-,18+/m1/s1. The van der Waals surface area contributed by atoms with E-state index in [-0.39, 0.29) is 23.8 Å². The highest BCUT2D eigenvalue weighted by molar-refractivity contribution is 5.89. The Labute approximate surface area is 148 Å². The second kappa shape index (κ2) is 7.52. The van der Waals surface area contributed by atoms with Gasteiger partial charge in [-0.3, -0.25) is 10.1 Å². The van der Waals surface area contributed by atoms with Crippen LogP contribution in [0.15, 0.2) is 24.3 Å². The molecule has 6 heteroatoms. The molecule has 136 valence electrons. The van der Waals surface area contributed by atoms with Gasteiger partial charge in [0.15, 0.2) is 0 Å². The molecule has 4 atom stereocenters. The number of esters is 1. The van der Waals surface area contributed by atoms with E-state index < -0.39 is 4.92 Å². The Kier molecular flexibility index (Phi) is 5.37. The van der Waals surface area contributed by atoms with E-state index in [1.54, 1.807) is 0 Å². The van der Waals surface area contributed by atoms with E-state index in [2.05, 4.69) is 4.90 Å². The van der Waals surface area contributed by atoms with Gasteiger partial charge in [0.05, 0.1) is 10.5 Å². The van der Waals surface area contributed by atoms with E-state index in [9.17, 15) is 14.9 Å². The highest BCUT2D eigenvalue weighted by atomic mass is 16.6. The number of hydrogen-bond acceptors (Lipinski definition) is 5. The predicted molar refractivity (Wildman–Crippen MR) is 94.5 cm³/mol. The maximum absolute atomic E-state index is 12.5. The third-order valence-electron chi connectivity index (χ3n) is 5.81. The maximum Gasteiger partial charge on any atom is 0.338 e. The number of hydrogen-bond donors (Lipinski definition) is 0. The fourth-order valence-electron chi connectivity index (χ4n) is 4.42. The van der Waals surface area contributed by atoms with Crippen molar-refractivity contribution in [3.8, 4) is 0 Å². The first-order valence-corrected chi connectivity index (χ1v) is 9.07. The summed E-state index contributed by atoms with van der Waals surface area (Å²) in [6.45, 7) is 0. The number of fused-ring (bicyclic) bond motifs is 1. The summed E-state index contributed by atoms with van der Waals surface area (Å²) < 4.78 is 5.85. The molecule has 2 saturated carbocycles. The Morgan fingerprint density at radius 3 is 2.28 bits per heavy atom. The number of benzene rings is 1. The summed E-state index contributed by atoms with van der Waals surface area (Å²) in [5.74, 6) is 1.01. The van der Waals surface area contributed by atoms with Crippen LogP contribution < -0.4 is 0 Å². The molecule has 0 amide bonds. The minimum absolute atomic E-state index is 0.0227. The van der Waals surface area contributed by atoms with Gasteiger partial charge in [-0.05, 0) is 50.9 Å². The molecule has 0 aromatic heterocycles. The number of nitrogens with zero attached hydrogens (tertiary/aromatic N) is 2. The summed E-state index contributed by atoms with van der Waals surface area (Å²) in [6, 6.07) is 5.87. The van der Waals surface area contributed by atoms with Crippen molar-refractivity contribution in [2.45, 2.75) is 50.7 Å². The highest BCUT2D eigenvalue weighted by Gasteiger charge is 2.40. The first-order chi connectivity index (χ1) is 12.0. The molecule has 0 saturated heterocycles. The number of non-ortho nitro benzene ring substituents is 1. The number of nitro benzene ring substituents is 1. The Morgan fingerprint density at radius 1 is 1.12 bits per heavy atom. The van der Waals surface area contributed by atoms with Gasteiger partial charge < -0.3 is 9.64 Å². The lowest BCUT2D eigenvalue weighted by atomic mass is 9.68. The summed E-state index contributed by atoms with van der Waals surface area (Å²) >= 11 is 0. The van der Waals surface area contributed by atoms with E-state index in [0.29, 0.717) is 11.5 Å². The van der Waals surface area contributed by atoms with Gasteiger partial charge in [0, 0.05) is 18.2 Å². The SMILES string of the molecule is CN(C)[C@@H]1C[C@H]2CCCC[C@@H]2C[C@@H]1OC(=O)c1ccc([N+](=O)[O-])cc1. The van der Waals surface area contributed by atoms with E-state index in [1.807, 2.05) is 14.1 Å². The van der Waals surface area contributed by atoms with Gasteiger partial charge in [0.2, 0.25) is 0 Å². The second-order valence-electron chi connectivity index (χ2n) is 7.55. The zero-order valence-electron chi connectivity index (χ0n) is 14.9. The molecule has 3 rings (SSSR count). The molecule has 0 bridgehead atoms. The Balaban J connectivity index is 1.70. The lowest BCUT2D eigenvalue weighted by Crippen LogP contribution is -2.49. The van der Waals surface area contributed by atoms with Crippen molar-refractivity contribution in [2.24, 2.45) is 11.8 Å². The molecule has 1 aromatic carbocycles. The molecule has 0 heterocycles. The third kappa shape index (κ3) is 4.00. The third-order valence-corrected chi connectivity index (χ3v) is 5.81. The number of nitro groups is 1. The molecule has 6 nitrogen and oxygen atoms in total. The van der Waals surface area contributed by atoms with Crippen LogP contribution in [-0.4, -0.2) is 42.0 Å². The van der Waals surface area contributed by atoms with Gasteiger partial charge in [0.25, 0.3) is 5.69 Å². The molecule has 2 aliphatic carbocycles. The van der Waals surface area contributed by atoms with Gasteiger partial charge in [-0.15, -0.1) is 0 Å². The summed E-state index contributed by atoms with van der Waals surface area (Å²) in [7, 11) is 4.08. The smallest absolute Gasteiger partial charge is 0.338 e. The van der Waals surface area contributed by atoms with Crippen LogP contribution in [0.1, 0.15) is 48.9 Å². The minimum atomic E-state index is -0.471. The number of carbonyl (C=O) groups excluding carboxylic acids is 1. The first kappa shape index (κ1) is 17.9. The van der Waals surface area contributed by atoms with Gasteiger partial charge in [0.1, 0.15) is 6.10 Å². The molecule has 0 N–H and O–H groups in total. The molecule has 0 aliphatic heterocycles. The summed E-state index contributed by atoms with van der Waals surface area (Å²) in [4.78, 5) is 24.9. The van der Waals surface area contributed by atoms with Gasteiger partial charge in [-0.25, -0.2) is 4.79 Å². The van der Waals surface area contributed by atoms with Crippen LogP contribution in [0.25, 0.3) is 0 Å². The van der Waals surface area contributed by atoms with Gasteiger partial charge >= 0.3 is 5.97 Å². The predicted octanol–water partition coefficient (Wildman–Crippen LogP) is 3.65. The van der Waals surface area contributed by atoms with E-state index in [4.69, 9.17) is 4.74 Å². The van der Waals surface area contributed by atoms with Crippen molar-refractivity contribution in [1.29, 1.82) is 0 Å². The average molecular weight is 346 g/mol. The molecule has 0 spiro atoms. The summed E-state index contributed by atoms with van der Waals surface area (Å²) in [5.41, 5.74) is 0.347. The minimum Gasteiger partial charge on any atom is -0.457 e. The van der Waals surface area contributed by atoms with E-state index >= 15 is 0 Å². The molecule has 0 unspecified atom stereocenters. The van der Waals surface area contributed by atoms with Crippen LogP contribution >= 0.6 is 0 Å². The Morgan fingerprint density at radius 2 is 1.72 bits per heavy atom. The Bertz CT molecular complexity index is 629. The fraction of sp³-hybridized carbons (Fsp3) is 0.632. The van der Waals surface area contributed by atoms with Crippen LogP contribution in [0.5, 0.6) is 0 Å². The molecule has 25 heavy (non-hydrogen) atoms. The van der Waals surface area contributed by atoms with Crippen molar-refractivity contribution in [1.82, 2.24) is 4.90 Å². The van der Waals surface area contributed by atoms with Crippen LogP contribution in [0.3, 0.4) is 0 Å². The quantitative estimate of drug-likeness (QED) is 0.473. The monoisotopic (exact) mass is 346 g/mol. The molecule has 2 aliphatic rings. The van der Waals surface area contributed by atoms with Gasteiger partial charge in [-0.2, -0.15) is 0 Å². The number of rotatable bonds is 4. The molecule has 0 radical (unpaired) electrons. The number of carbonyl (C=O) groups is 1. The zero-order chi connectivity index (χ0) is 18.0. The number of likely N-dealkylation sites (N-methyl/N-ethyl adjacent to an activating group) is 1. The van der Waals surface area contributed by atoms with Crippen LogP contribution in [0, 0.1) is 22.0 Å². The highest BCUT2D eigenvalue weighted by Crippen LogP contribution is 2.42. The van der Waals surface area contributed by atoms with E-state index in [0.717, 1.165) is 18.8 Å². The largest absolute Gasteiger partial charge is 0.457 e. The van der Waals surface area contributed by atoms with Crippen molar-refractivity contribution >= 4 is 11.7 Å². The topological polar surface area (TPSA) is 72.7 Å². The van der Waals surface area contributed by atoms with Crippen molar-refractivity contribution in [3.05, 3.63) is 39.9 Å². The zero-order valence-corrected chi connectivity index (χ0v) is 14.9. The summed E-state index contributed by atoms with van der Waals surface area (Å²) in [6.07, 6.45) is 7.00. The molecule has 1 aromatic rings. The first-order valence-electron chi connectivity index (χ1n) is 9.07. The second-order valence-corrected chi connectivity index (χ2v) is 7.55. The Hall–Kier alpha value is -1.95. The lowest BCUT2D eigenvalue weighted by molar-refractivity contribution is -0.384. The van der Waals surface area contributed by atoms with Gasteiger partial charge in [-0.1, -0.05) is 25.7 Å². The van der Waals surface area contributed by atoms with Crippen molar-refractivity contribution < 1.29 is 14.5 Å². The fourth-order valence-corrected chi connectivity index (χ4v) is 4.42. The van der Waals surface area contributed by atoms with Crippen molar-refractivity contribution in [3.63, 3.8) is 0 Å². The average Bonchev–Trinajstić information content (AvgIpc) is 2.61. The van der Waals surface area contributed by atoms with E-state index in [1.165, 1.54) is 49.9 Å². The lowest BCUT2D eigenvalue weighted by Gasteiger charge is -2.45. The van der Waals surface area contributed by atoms with Crippen LogP contribution in [0.4, 0.5) is 5.69 Å².